The SMILES string of the molecule is CCN(CC)Cc1cc(C(=O)OCCCN2CCN(CCOC(C)=O)CC2)cc(Br)c1N. The van der Waals surface area contributed by atoms with Crippen molar-refractivity contribution < 1.29 is 19.1 Å². The second kappa shape index (κ2) is 13.8. The first kappa shape index (κ1) is 26.6. The minimum atomic E-state index is -0.318. The highest BCUT2D eigenvalue weighted by Gasteiger charge is 2.18. The molecule has 0 spiro atoms. The van der Waals surface area contributed by atoms with Crippen LogP contribution in [0.5, 0.6) is 0 Å². The van der Waals surface area contributed by atoms with Crippen molar-refractivity contribution >= 4 is 33.6 Å². The Labute approximate surface area is 200 Å². The Morgan fingerprint density at radius 1 is 1.03 bits per heavy atom. The first-order valence-corrected chi connectivity index (χ1v) is 12.2. The van der Waals surface area contributed by atoms with E-state index in [1.165, 1.54) is 6.92 Å². The summed E-state index contributed by atoms with van der Waals surface area (Å²) in [5.74, 6) is -0.550. The van der Waals surface area contributed by atoms with Gasteiger partial charge in [-0.2, -0.15) is 0 Å². The number of hydrogen-bond donors (Lipinski definition) is 1. The van der Waals surface area contributed by atoms with Crippen LogP contribution in [0.1, 0.15) is 43.1 Å². The molecule has 1 fully saturated rings. The number of rotatable bonds is 12. The third kappa shape index (κ3) is 8.69. The van der Waals surface area contributed by atoms with Crippen LogP contribution in [0.25, 0.3) is 0 Å². The van der Waals surface area contributed by atoms with E-state index >= 15 is 0 Å². The molecule has 2 N–H and O–H groups in total. The highest BCUT2D eigenvalue weighted by molar-refractivity contribution is 9.10. The number of benzene rings is 1. The van der Waals surface area contributed by atoms with Crippen molar-refractivity contribution in [2.45, 2.75) is 33.7 Å². The Morgan fingerprint density at radius 3 is 2.25 bits per heavy atom. The van der Waals surface area contributed by atoms with Gasteiger partial charge in [0, 0.05) is 57.2 Å². The number of nitrogen functional groups attached to an aromatic ring is 1. The van der Waals surface area contributed by atoms with Gasteiger partial charge in [0.2, 0.25) is 0 Å². The average Bonchev–Trinajstić information content (AvgIpc) is 2.78. The Kier molecular flexibility index (Phi) is 11.4. The van der Waals surface area contributed by atoms with Gasteiger partial charge in [0.1, 0.15) is 6.61 Å². The number of esters is 2. The van der Waals surface area contributed by atoms with E-state index in [2.05, 4.69) is 44.5 Å². The van der Waals surface area contributed by atoms with E-state index in [0.29, 0.717) is 31.0 Å². The van der Waals surface area contributed by atoms with Gasteiger partial charge in [-0.1, -0.05) is 13.8 Å². The third-order valence-corrected chi connectivity index (χ3v) is 6.42. The van der Waals surface area contributed by atoms with Crippen molar-refractivity contribution in [3.05, 3.63) is 27.7 Å². The number of carbonyl (C=O) groups is 2. The van der Waals surface area contributed by atoms with Crippen LogP contribution >= 0.6 is 15.9 Å². The number of ether oxygens (including phenoxy) is 2. The summed E-state index contributed by atoms with van der Waals surface area (Å²) >= 11 is 3.47. The molecule has 0 aliphatic carbocycles. The fraction of sp³-hybridized carbons (Fsp3) is 0.652. The average molecular weight is 513 g/mol. The number of halogens is 1. The molecule has 2 rings (SSSR count). The molecule has 0 amide bonds. The molecule has 0 bridgehead atoms. The molecule has 0 atom stereocenters. The van der Waals surface area contributed by atoms with Gasteiger partial charge >= 0.3 is 11.9 Å². The Morgan fingerprint density at radius 2 is 1.66 bits per heavy atom. The molecule has 180 valence electrons. The molecular formula is C23H37BrN4O4. The molecule has 0 unspecified atom stereocenters. The van der Waals surface area contributed by atoms with Crippen molar-refractivity contribution in [2.75, 3.05) is 71.3 Å². The largest absolute Gasteiger partial charge is 0.465 e. The van der Waals surface area contributed by atoms with Gasteiger partial charge in [0.05, 0.1) is 17.9 Å². The van der Waals surface area contributed by atoms with E-state index < -0.39 is 0 Å². The van der Waals surface area contributed by atoms with E-state index in [0.717, 1.165) is 68.8 Å². The molecule has 0 radical (unpaired) electrons. The lowest BCUT2D eigenvalue weighted by Crippen LogP contribution is -2.47. The predicted octanol–water partition coefficient (Wildman–Crippen LogP) is 2.60. The smallest absolute Gasteiger partial charge is 0.338 e. The van der Waals surface area contributed by atoms with Crippen molar-refractivity contribution in [3.63, 3.8) is 0 Å². The number of nitrogens with zero attached hydrogens (tertiary/aromatic N) is 3. The summed E-state index contributed by atoms with van der Waals surface area (Å²) in [5.41, 5.74) is 8.33. The quantitative estimate of drug-likeness (QED) is 0.259. The van der Waals surface area contributed by atoms with Crippen molar-refractivity contribution in [2.24, 2.45) is 0 Å². The zero-order valence-corrected chi connectivity index (χ0v) is 21.2. The van der Waals surface area contributed by atoms with Crippen LogP contribution in [0, 0.1) is 0 Å². The Balaban J connectivity index is 1.73. The fourth-order valence-electron chi connectivity index (χ4n) is 3.70. The molecule has 0 saturated carbocycles. The summed E-state index contributed by atoms with van der Waals surface area (Å²) in [6.07, 6.45) is 0.793. The van der Waals surface area contributed by atoms with Crippen LogP contribution in [0.15, 0.2) is 16.6 Å². The maximum Gasteiger partial charge on any atom is 0.338 e. The molecule has 1 heterocycles. The van der Waals surface area contributed by atoms with Gasteiger partial charge in [-0.05, 0) is 53.1 Å². The van der Waals surface area contributed by atoms with Crippen LogP contribution in [0.3, 0.4) is 0 Å². The van der Waals surface area contributed by atoms with Crippen LogP contribution in [0.4, 0.5) is 5.69 Å². The second-order valence-electron chi connectivity index (χ2n) is 8.01. The standard InChI is InChI=1S/C23H37BrN4O4/c1-4-26(5-2)17-20-15-19(16-21(24)22(20)25)23(30)32-13-6-7-27-8-10-28(11-9-27)12-14-31-18(3)29/h15-16H,4-14,17,25H2,1-3H3. The molecule has 1 aliphatic rings. The Bertz CT molecular complexity index is 750. The van der Waals surface area contributed by atoms with Gasteiger partial charge in [-0.3, -0.25) is 14.6 Å². The number of piperazine rings is 1. The van der Waals surface area contributed by atoms with Crippen LogP contribution in [0.2, 0.25) is 0 Å². The lowest BCUT2D eigenvalue weighted by molar-refractivity contribution is -0.141. The molecule has 1 aromatic carbocycles. The van der Waals surface area contributed by atoms with Gasteiger partial charge in [0.25, 0.3) is 0 Å². The van der Waals surface area contributed by atoms with Crippen molar-refractivity contribution in [3.8, 4) is 0 Å². The first-order chi connectivity index (χ1) is 15.3. The lowest BCUT2D eigenvalue weighted by atomic mass is 10.1. The van der Waals surface area contributed by atoms with E-state index in [1.54, 1.807) is 6.07 Å². The molecule has 32 heavy (non-hydrogen) atoms. The highest BCUT2D eigenvalue weighted by Crippen LogP contribution is 2.27. The summed E-state index contributed by atoms with van der Waals surface area (Å²) in [4.78, 5) is 30.3. The summed E-state index contributed by atoms with van der Waals surface area (Å²) in [6.45, 7) is 14.5. The number of nitrogens with two attached hydrogens (primary N) is 1. The van der Waals surface area contributed by atoms with E-state index in [1.807, 2.05) is 6.07 Å². The number of hydrogen-bond acceptors (Lipinski definition) is 8. The molecular weight excluding hydrogens is 476 g/mol. The van der Waals surface area contributed by atoms with Gasteiger partial charge in [-0.15, -0.1) is 0 Å². The summed E-state index contributed by atoms with van der Waals surface area (Å²) in [7, 11) is 0. The van der Waals surface area contributed by atoms with Crippen LogP contribution in [-0.4, -0.2) is 92.2 Å². The number of anilines is 1. The normalized spacial score (nSPS) is 15.2. The maximum absolute atomic E-state index is 12.6. The summed E-state index contributed by atoms with van der Waals surface area (Å²) < 4.78 is 11.3. The molecule has 1 aliphatic heterocycles. The van der Waals surface area contributed by atoms with Gasteiger partial charge in [0.15, 0.2) is 0 Å². The van der Waals surface area contributed by atoms with E-state index in [4.69, 9.17) is 15.2 Å². The van der Waals surface area contributed by atoms with E-state index in [9.17, 15) is 9.59 Å². The van der Waals surface area contributed by atoms with Crippen molar-refractivity contribution in [1.29, 1.82) is 0 Å². The fourth-order valence-corrected chi connectivity index (χ4v) is 4.20. The minimum Gasteiger partial charge on any atom is -0.465 e. The van der Waals surface area contributed by atoms with Crippen LogP contribution < -0.4 is 5.73 Å². The first-order valence-electron chi connectivity index (χ1n) is 11.4. The third-order valence-electron chi connectivity index (χ3n) is 5.77. The molecule has 8 nitrogen and oxygen atoms in total. The highest BCUT2D eigenvalue weighted by atomic mass is 79.9. The molecule has 1 aromatic rings. The zero-order valence-electron chi connectivity index (χ0n) is 19.6. The monoisotopic (exact) mass is 512 g/mol. The number of carbonyl (C=O) groups excluding carboxylic acids is 2. The zero-order chi connectivity index (χ0) is 23.5. The predicted molar refractivity (Wildman–Crippen MR) is 130 cm³/mol. The van der Waals surface area contributed by atoms with E-state index in [-0.39, 0.29) is 11.9 Å². The second-order valence-corrected chi connectivity index (χ2v) is 8.86. The lowest BCUT2D eigenvalue weighted by Gasteiger charge is -2.34. The summed E-state index contributed by atoms with van der Waals surface area (Å²) in [5, 5.41) is 0. The topological polar surface area (TPSA) is 88.3 Å². The summed E-state index contributed by atoms with van der Waals surface area (Å²) in [6, 6.07) is 3.58. The van der Waals surface area contributed by atoms with Crippen LogP contribution in [-0.2, 0) is 20.8 Å². The van der Waals surface area contributed by atoms with Gasteiger partial charge in [-0.25, -0.2) is 4.79 Å². The molecule has 1 saturated heterocycles. The van der Waals surface area contributed by atoms with Crippen molar-refractivity contribution in [1.82, 2.24) is 14.7 Å². The van der Waals surface area contributed by atoms with Gasteiger partial charge < -0.3 is 20.1 Å². The maximum atomic E-state index is 12.6. The Hall–Kier alpha value is -1.68. The molecule has 9 heteroatoms. The minimum absolute atomic E-state index is 0.232. The molecule has 0 aromatic heterocycles.